The Kier molecular flexibility index (Phi) is 4.69. The highest BCUT2D eigenvalue weighted by atomic mass is 16.5. The molecule has 5 nitrogen and oxygen atoms in total. The lowest BCUT2D eigenvalue weighted by Gasteiger charge is -2.17. The summed E-state index contributed by atoms with van der Waals surface area (Å²) in [5.74, 6) is 1.04. The molecule has 1 amide bonds. The second kappa shape index (κ2) is 6.91. The number of aromatic nitrogens is 1. The number of hydrogen-bond acceptors (Lipinski definition) is 4. The Morgan fingerprint density at radius 2 is 2.17 bits per heavy atom. The fourth-order valence-electron chi connectivity index (χ4n) is 3.17. The minimum absolute atomic E-state index is 0.0536. The molecule has 1 fully saturated rings. The zero-order valence-corrected chi connectivity index (χ0v) is 14.4. The van der Waals surface area contributed by atoms with Gasteiger partial charge in [-0.2, -0.15) is 0 Å². The van der Waals surface area contributed by atoms with Gasteiger partial charge in [-0.15, -0.1) is 0 Å². The Balaban J connectivity index is 1.75. The number of anilines is 1. The molecule has 1 aliphatic heterocycles. The van der Waals surface area contributed by atoms with Gasteiger partial charge in [-0.25, -0.2) is 0 Å². The van der Waals surface area contributed by atoms with Gasteiger partial charge in [-0.3, -0.25) is 9.78 Å². The zero-order chi connectivity index (χ0) is 17.1. The van der Waals surface area contributed by atoms with E-state index in [0.717, 1.165) is 30.0 Å². The average Bonchev–Trinajstić information content (AvgIpc) is 3.10. The first-order chi connectivity index (χ1) is 11.6. The normalized spacial score (nSPS) is 17.0. The van der Waals surface area contributed by atoms with Crippen LogP contribution in [0.5, 0.6) is 5.75 Å². The molecule has 1 N–H and O–H groups in total. The monoisotopic (exact) mass is 325 g/mol. The summed E-state index contributed by atoms with van der Waals surface area (Å²) in [6.07, 6.45) is 0.940. The predicted octanol–water partition coefficient (Wildman–Crippen LogP) is 3.07. The number of nitrogens with zero attached hydrogens (tertiary/aromatic N) is 2. The van der Waals surface area contributed by atoms with Crippen LogP contribution >= 0.6 is 0 Å². The summed E-state index contributed by atoms with van der Waals surface area (Å²) in [6, 6.07) is 11.4. The zero-order valence-electron chi connectivity index (χ0n) is 14.4. The molecule has 0 unspecified atom stereocenters. The summed E-state index contributed by atoms with van der Waals surface area (Å²) < 4.78 is 5.21. The summed E-state index contributed by atoms with van der Waals surface area (Å²) in [7, 11) is 3.52. The van der Waals surface area contributed by atoms with Crippen LogP contribution in [0.1, 0.15) is 34.1 Å². The van der Waals surface area contributed by atoms with Crippen LogP contribution in [0, 0.1) is 6.92 Å². The van der Waals surface area contributed by atoms with Crippen molar-refractivity contribution < 1.29 is 9.53 Å². The van der Waals surface area contributed by atoms with Gasteiger partial charge in [-0.05, 0) is 43.7 Å². The number of nitrogens with one attached hydrogen (secondary N) is 1. The standard InChI is InChI=1S/C19H23N3O2/c1-13-9-16(20-2)11-18(21-13)15-7-8-22(12-15)19(23)14-5-4-6-17(10-14)24-3/h4-6,9-11,15H,7-8,12H2,1-3H3,(H,20,21)/t15-/m1/s1. The fourth-order valence-corrected chi connectivity index (χ4v) is 3.17. The molecule has 1 aliphatic rings. The van der Waals surface area contributed by atoms with Gasteiger partial charge in [-0.1, -0.05) is 6.07 Å². The van der Waals surface area contributed by atoms with E-state index in [0.29, 0.717) is 17.9 Å². The van der Waals surface area contributed by atoms with E-state index in [1.165, 1.54) is 0 Å². The van der Waals surface area contributed by atoms with Crippen LogP contribution in [-0.4, -0.2) is 43.0 Å². The maximum absolute atomic E-state index is 12.7. The molecule has 0 radical (unpaired) electrons. The number of likely N-dealkylation sites (tertiary alicyclic amines) is 1. The minimum atomic E-state index is 0.0536. The van der Waals surface area contributed by atoms with Crippen molar-refractivity contribution in [2.75, 3.05) is 32.6 Å². The number of hydrogen-bond donors (Lipinski definition) is 1. The van der Waals surface area contributed by atoms with E-state index in [-0.39, 0.29) is 11.8 Å². The van der Waals surface area contributed by atoms with Gasteiger partial charge < -0.3 is 15.0 Å². The molecular weight excluding hydrogens is 302 g/mol. The molecule has 1 aromatic heterocycles. The number of carbonyl (C=O) groups is 1. The van der Waals surface area contributed by atoms with Crippen LogP contribution in [0.4, 0.5) is 5.69 Å². The second-order valence-corrected chi connectivity index (χ2v) is 6.14. The van der Waals surface area contributed by atoms with Gasteiger partial charge in [0.05, 0.1) is 7.11 Å². The molecule has 0 bridgehead atoms. The van der Waals surface area contributed by atoms with Gasteiger partial charge in [0.15, 0.2) is 0 Å². The van der Waals surface area contributed by atoms with Crippen molar-refractivity contribution in [3.05, 3.63) is 53.3 Å². The number of carbonyl (C=O) groups excluding carboxylic acids is 1. The Morgan fingerprint density at radius 1 is 1.33 bits per heavy atom. The van der Waals surface area contributed by atoms with Crippen molar-refractivity contribution in [3.8, 4) is 5.75 Å². The quantitative estimate of drug-likeness (QED) is 0.938. The maximum atomic E-state index is 12.7. The molecule has 126 valence electrons. The van der Waals surface area contributed by atoms with Gasteiger partial charge in [0.2, 0.25) is 0 Å². The SMILES string of the molecule is CNc1cc(C)nc([C@@H]2CCN(C(=O)c3cccc(OC)c3)C2)c1. The number of rotatable bonds is 4. The Hall–Kier alpha value is -2.56. The molecule has 1 saturated heterocycles. The lowest BCUT2D eigenvalue weighted by atomic mass is 10.0. The minimum Gasteiger partial charge on any atom is -0.497 e. The number of aryl methyl sites for hydroxylation is 1. The van der Waals surface area contributed by atoms with Crippen molar-refractivity contribution in [3.63, 3.8) is 0 Å². The molecule has 0 aliphatic carbocycles. The number of amides is 1. The number of benzene rings is 1. The molecular formula is C19H23N3O2. The molecule has 2 heterocycles. The largest absolute Gasteiger partial charge is 0.497 e. The molecule has 1 atom stereocenters. The van der Waals surface area contributed by atoms with Crippen molar-refractivity contribution in [2.24, 2.45) is 0 Å². The number of ether oxygens (including phenoxy) is 1. The van der Waals surface area contributed by atoms with E-state index in [1.807, 2.05) is 43.1 Å². The Labute approximate surface area is 142 Å². The van der Waals surface area contributed by atoms with Crippen molar-refractivity contribution in [2.45, 2.75) is 19.3 Å². The summed E-state index contributed by atoms with van der Waals surface area (Å²) >= 11 is 0. The van der Waals surface area contributed by atoms with Crippen LogP contribution in [0.3, 0.4) is 0 Å². The second-order valence-electron chi connectivity index (χ2n) is 6.14. The molecule has 3 rings (SSSR count). The van der Waals surface area contributed by atoms with Crippen molar-refractivity contribution in [1.29, 1.82) is 0 Å². The molecule has 0 saturated carbocycles. The Bertz CT molecular complexity index is 745. The average molecular weight is 325 g/mol. The first kappa shape index (κ1) is 16.3. The van der Waals surface area contributed by atoms with Crippen LogP contribution in [-0.2, 0) is 0 Å². The highest BCUT2D eigenvalue weighted by Gasteiger charge is 2.29. The predicted molar refractivity (Wildman–Crippen MR) is 94.8 cm³/mol. The molecule has 24 heavy (non-hydrogen) atoms. The van der Waals surface area contributed by atoms with Crippen LogP contribution in [0.15, 0.2) is 36.4 Å². The molecule has 5 heteroatoms. The van der Waals surface area contributed by atoms with Crippen molar-refractivity contribution >= 4 is 11.6 Å². The van der Waals surface area contributed by atoms with E-state index in [4.69, 9.17) is 4.74 Å². The summed E-state index contributed by atoms with van der Waals surface area (Å²) in [4.78, 5) is 19.3. The van der Waals surface area contributed by atoms with Crippen LogP contribution in [0.25, 0.3) is 0 Å². The third-order valence-corrected chi connectivity index (χ3v) is 4.47. The lowest BCUT2D eigenvalue weighted by Crippen LogP contribution is -2.28. The topological polar surface area (TPSA) is 54.5 Å². The third kappa shape index (κ3) is 3.35. The van der Waals surface area contributed by atoms with E-state index >= 15 is 0 Å². The van der Waals surface area contributed by atoms with Gasteiger partial charge in [0.25, 0.3) is 5.91 Å². The lowest BCUT2D eigenvalue weighted by molar-refractivity contribution is 0.0790. The highest BCUT2D eigenvalue weighted by molar-refractivity contribution is 5.94. The Morgan fingerprint density at radius 3 is 2.92 bits per heavy atom. The van der Waals surface area contributed by atoms with Gasteiger partial charge in [0.1, 0.15) is 5.75 Å². The fraction of sp³-hybridized carbons (Fsp3) is 0.368. The summed E-state index contributed by atoms with van der Waals surface area (Å²) in [5.41, 5.74) is 3.79. The van der Waals surface area contributed by atoms with Crippen molar-refractivity contribution in [1.82, 2.24) is 9.88 Å². The summed E-state index contributed by atoms with van der Waals surface area (Å²) in [6.45, 7) is 3.46. The van der Waals surface area contributed by atoms with Gasteiger partial charge in [0, 0.05) is 48.7 Å². The van der Waals surface area contributed by atoms with E-state index in [9.17, 15) is 4.79 Å². The smallest absolute Gasteiger partial charge is 0.254 e. The van der Waals surface area contributed by atoms with Crippen LogP contribution in [0.2, 0.25) is 0 Å². The van der Waals surface area contributed by atoms with E-state index in [1.54, 1.807) is 13.2 Å². The molecule has 1 aromatic carbocycles. The van der Waals surface area contributed by atoms with Crippen LogP contribution < -0.4 is 10.1 Å². The van der Waals surface area contributed by atoms with Gasteiger partial charge >= 0.3 is 0 Å². The number of pyridine rings is 1. The first-order valence-corrected chi connectivity index (χ1v) is 8.20. The first-order valence-electron chi connectivity index (χ1n) is 8.20. The highest BCUT2D eigenvalue weighted by Crippen LogP contribution is 2.29. The molecule has 2 aromatic rings. The molecule has 0 spiro atoms. The third-order valence-electron chi connectivity index (χ3n) is 4.47. The van der Waals surface area contributed by atoms with E-state index in [2.05, 4.69) is 16.4 Å². The summed E-state index contributed by atoms with van der Waals surface area (Å²) in [5, 5.41) is 3.17. The maximum Gasteiger partial charge on any atom is 0.254 e. The van der Waals surface area contributed by atoms with E-state index < -0.39 is 0 Å². The number of methoxy groups -OCH3 is 1.